The molecule has 166 valence electrons. The van der Waals surface area contributed by atoms with Gasteiger partial charge in [0, 0.05) is 24.1 Å². The highest BCUT2D eigenvalue weighted by Crippen LogP contribution is 2.37. The summed E-state index contributed by atoms with van der Waals surface area (Å²) in [5.74, 6) is 1.83. The molecular weight excluding hydrogens is 406 g/mol. The number of nitrogens with one attached hydrogen (secondary N) is 1. The molecule has 0 bridgehead atoms. The second kappa shape index (κ2) is 9.04. The quantitative estimate of drug-likeness (QED) is 0.634. The predicted molar refractivity (Wildman–Crippen MR) is 121 cm³/mol. The number of ether oxygens (including phenoxy) is 2. The molecule has 1 amide bonds. The van der Waals surface area contributed by atoms with Crippen LogP contribution in [0.3, 0.4) is 0 Å². The molecule has 3 heterocycles. The van der Waals surface area contributed by atoms with Crippen molar-refractivity contribution >= 4 is 11.8 Å². The summed E-state index contributed by atoms with van der Waals surface area (Å²) in [7, 11) is 0. The smallest absolute Gasteiger partial charge is 0.240 e. The minimum Gasteiger partial charge on any atom is -0.490 e. The number of hydrogen-bond donors (Lipinski definition) is 1. The van der Waals surface area contributed by atoms with E-state index in [1.807, 2.05) is 37.3 Å². The van der Waals surface area contributed by atoms with E-state index in [0.717, 1.165) is 48.4 Å². The standard InChI is InChI=1S/C25H27N3O4/c1-17-5-7-18(8-6-17)20-15-25(32-27-20)26-24(29)16-28-11-2-4-21(28)19-9-10-22-23(14-19)31-13-3-12-30-22/h5-10,14-15,21H,2-4,11-13,16H2,1H3,(H,26,29)/t21-/m1/s1. The summed E-state index contributed by atoms with van der Waals surface area (Å²) < 4.78 is 16.9. The van der Waals surface area contributed by atoms with E-state index in [1.54, 1.807) is 6.07 Å². The third-order valence-corrected chi connectivity index (χ3v) is 5.99. The summed E-state index contributed by atoms with van der Waals surface area (Å²) in [6.45, 7) is 4.54. The molecule has 0 radical (unpaired) electrons. The molecule has 1 fully saturated rings. The fourth-order valence-corrected chi connectivity index (χ4v) is 4.34. The highest BCUT2D eigenvalue weighted by Gasteiger charge is 2.29. The van der Waals surface area contributed by atoms with Gasteiger partial charge >= 0.3 is 0 Å². The number of nitrogens with zero attached hydrogens (tertiary/aromatic N) is 2. The van der Waals surface area contributed by atoms with Gasteiger partial charge in [-0.2, -0.15) is 0 Å². The third-order valence-electron chi connectivity index (χ3n) is 5.99. The fourth-order valence-electron chi connectivity index (χ4n) is 4.34. The maximum atomic E-state index is 12.7. The number of aryl methyl sites for hydroxylation is 1. The molecule has 32 heavy (non-hydrogen) atoms. The van der Waals surface area contributed by atoms with Crippen LogP contribution in [0.2, 0.25) is 0 Å². The van der Waals surface area contributed by atoms with E-state index < -0.39 is 0 Å². The molecule has 0 unspecified atom stereocenters. The Kier molecular flexibility index (Phi) is 5.81. The summed E-state index contributed by atoms with van der Waals surface area (Å²) in [6, 6.07) is 16.1. The van der Waals surface area contributed by atoms with Crippen LogP contribution in [0.15, 0.2) is 53.1 Å². The lowest BCUT2D eigenvalue weighted by atomic mass is 10.0. The van der Waals surface area contributed by atoms with Crippen LogP contribution in [0.25, 0.3) is 11.3 Å². The average Bonchev–Trinajstić information content (AvgIpc) is 3.38. The van der Waals surface area contributed by atoms with Crippen LogP contribution in [0.1, 0.15) is 36.4 Å². The lowest BCUT2D eigenvalue weighted by Gasteiger charge is -2.24. The summed E-state index contributed by atoms with van der Waals surface area (Å²) in [5, 5.41) is 6.93. The summed E-state index contributed by atoms with van der Waals surface area (Å²) >= 11 is 0. The minimum atomic E-state index is -0.113. The van der Waals surface area contributed by atoms with Crippen molar-refractivity contribution in [3.05, 3.63) is 59.7 Å². The molecule has 0 spiro atoms. The third kappa shape index (κ3) is 4.48. The Morgan fingerprint density at radius 3 is 2.72 bits per heavy atom. The number of carbonyl (C=O) groups is 1. The van der Waals surface area contributed by atoms with Gasteiger partial charge in [-0.25, -0.2) is 0 Å². The number of fused-ring (bicyclic) bond motifs is 1. The van der Waals surface area contributed by atoms with Crippen molar-refractivity contribution in [3.63, 3.8) is 0 Å². The molecule has 1 N–H and O–H groups in total. The van der Waals surface area contributed by atoms with Gasteiger partial charge in [0.1, 0.15) is 5.69 Å². The normalized spacial score (nSPS) is 18.3. The van der Waals surface area contributed by atoms with E-state index in [-0.39, 0.29) is 11.9 Å². The van der Waals surface area contributed by atoms with Gasteiger partial charge in [-0.05, 0) is 44.0 Å². The molecule has 1 saturated heterocycles. The van der Waals surface area contributed by atoms with Gasteiger partial charge in [-0.1, -0.05) is 41.1 Å². The number of hydrogen-bond acceptors (Lipinski definition) is 6. The first-order valence-corrected chi connectivity index (χ1v) is 11.1. The molecule has 3 aromatic rings. The first-order valence-electron chi connectivity index (χ1n) is 11.1. The largest absolute Gasteiger partial charge is 0.490 e. The van der Waals surface area contributed by atoms with Gasteiger partial charge in [-0.15, -0.1) is 0 Å². The van der Waals surface area contributed by atoms with Crippen LogP contribution in [0, 0.1) is 6.92 Å². The lowest BCUT2D eigenvalue weighted by molar-refractivity contribution is -0.117. The first-order chi connectivity index (χ1) is 15.7. The minimum absolute atomic E-state index is 0.113. The molecule has 2 aromatic carbocycles. The van der Waals surface area contributed by atoms with Crippen molar-refractivity contribution in [2.75, 3.05) is 31.6 Å². The molecule has 1 atom stereocenters. The second-order valence-electron chi connectivity index (χ2n) is 8.38. The van der Waals surface area contributed by atoms with Crippen LogP contribution in [0.5, 0.6) is 11.5 Å². The molecule has 7 nitrogen and oxygen atoms in total. The van der Waals surface area contributed by atoms with Crippen molar-refractivity contribution < 1.29 is 18.8 Å². The molecule has 2 aliphatic heterocycles. The Morgan fingerprint density at radius 1 is 1.06 bits per heavy atom. The van der Waals surface area contributed by atoms with Gasteiger partial charge in [0.25, 0.3) is 0 Å². The molecule has 1 aromatic heterocycles. The molecule has 2 aliphatic rings. The Bertz CT molecular complexity index is 1090. The summed E-state index contributed by atoms with van der Waals surface area (Å²) in [4.78, 5) is 14.9. The highest BCUT2D eigenvalue weighted by atomic mass is 16.5. The maximum absolute atomic E-state index is 12.7. The Labute approximate surface area is 187 Å². The Hall–Kier alpha value is -3.32. The topological polar surface area (TPSA) is 76.8 Å². The Morgan fingerprint density at radius 2 is 1.88 bits per heavy atom. The van der Waals surface area contributed by atoms with Crippen molar-refractivity contribution in [2.24, 2.45) is 0 Å². The van der Waals surface area contributed by atoms with Crippen molar-refractivity contribution in [2.45, 2.75) is 32.2 Å². The number of amides is 1. The number of likely N-dealkylation sites (tertiary alicyclic amines) is 1. The van der Waals surface area contributed by atoms with Crippen LogP contribution >= 0.6 is 0 Å². The second-order valence-corrected chi connectivity index (χ2v) is 8.38. The molecule has 0 saturated carbocycles. The van der Waals surface area contributed by atoms with Crippen LogP contribution < -0.4 is 14.8 Å². The van der Waals surface area contributed by atoms with E-state index in [9.17, 15) is 4.79 Å². The first kappa shape index (κ1) is 20.6. The van der Waals surface area contributed by atoms with Crippen molar-refractivity contribution in [1.82, 2.24) is 10.1 Å². The van der Waals surface area contributed by atoms with Gasteiger partial charge in [0.2, 0.25) is 11.8 Å². The summed E-state index contributed by atoms with van der Waals surface area (Å²) in [6.07, 6.45) is 2.94. The van der Waals surface area contributed by atoms with Gasteiger partial charge in [0.15, 0.2) is 11.5 Å². The average molecular weight is 434 g/mol. The van der Waals surface area contributed by atoms with Crippen molar-refractivity contribution in [1.29, 1.82) is 0 Å². The molecule has 5 rings (SSSR count). The van der Waals surface area contributed by atoms with Gasteiger partial charge < -0.3 is 14.0 Å². The van der Waals surface area contributed by atoms with Crippen molar-refractivity contribution in [3.8, 4) is 22.8 Å². The maximum Gasteiger partial charge on any atom is 0.240 e. The number of anilines is 1. The molecule has 0 aliphatic carbocycles. The van der Waals surface area contributed by atoms with E-state index in [0.29, 0.717) is 31.3 Å². The lowest BCUT2D eigenvalue weighted by Crippen LogP contribution is -2.32. The highest BCUT2D eigenvalue weighted by molar-refractivity contribution is 5.91. The number of aromatic nitrogens is 1. The number of carbonyl (C=O) groups excluding carboxylic acids is 1. The number of benzene rings is 2. The van der Waals surface area contributed by atoms with Crippen LogP contribution in [-0.2, 0) is 4.79 Å². The van der Waals surface area contributed by atoms with Gasteiger partial charge in [-0.3, -0.25) is 15.0 Å². The van der Waals surface area contributed by atoms with Gasteiger partial charge in [0.05, 0.1) is 19.8 Å². The number of rotatable bonds is 5. The van der Waals surface area contributed by atoms with Crippen LogP contribution in [0.4, 0.5) is 5.88 Å². The zero-order valence-electron chi connectivity index (χ0n) is 18.2. The van der Waals surface area contributed by atoms with E-state index in [2.05, 4.69) is 27.5 Å². The monoisotopic (exact) mass is 433 g/mol. The molecular formula is C25H27N3O4. The fraction of sp³-hybridized carbons (Fsp3) is 0.360. The molecule has 7 heteroatoms. The van der Waals surface area contributed by atoms with E-state index in [4.69, 9.17) is 14.0 Å². The van der Waals surface area contributed by atoms with E-state index >= 15 is 0 Å². The SMILES string of the molecule is Cc1ccc(-c2cc(NC(=O)CN3CCC[C@@H]3c3ccc4c(c3)OCCCO4)on2)cc1. The van der Waals surface area contributed by atoms with E-state index in [1.165, 1.54) is 5.56 Å². The Balaban J connectivity index is 1.23. The predicted octanol–water partition coefficient (Wildman–Crippen LogP) is 4.59. The van der Waals surface area contributed by atoms with Crippen LogP contribution in [-0.4, -0.2) is 42.3 Å². The zero-order chi connectivity index (χ0) is 21.9. The summed E-state index contributed by atoms with van der Waals surface area (Å²) in [5.41, 5.74) is 3.99. The zero-order valence-corrected chi connectivity index (χ0v) is 18.2.